The van der Waals surface area contributed by atoms with Crippen molar-refractivity contribution in [2.75, 3.05) is 0 Å². The molecule has 5 heteroatoms. The minimum absolute atomic E-state index is 0.472. The number of benzene rings is 2. The first-order valence-corrected chi connectivity index (χ1v) is 11.3. The van der Waals surface area contributed by atoms with E-state index in [0.717, 1.165) is 50.2 Å². The summed E-state index contributed by atoms with van der Waals surface area (Å²) < 4.78 is 1.92. The molecule has 2 aromatic carbocycles. The second-order valence-electron chi connectivity index (χ2n) is 9.70. The molecule has 0 saturated heterocycles. The molecule has 6 rings (SSSR count). The first-order valence-electron chi connectivity index (χ1n) is 11.3. The largest absolute Gasteiger partial charge is 0.390 e. The Morgan fingerprint density at radius 1 is 0.909 bits per heavy atom. The SMILES string of the molecule is Cc1cc2ccc3cc(-c4ccccc4)c(-c4ccc(C5(N)CC(C)(O)C5)cc4)nc3n2n1. The van der Waals surface area contributed by atoms with Gasteiger partial charge in [0.1, 0.15) is 0 Å². The maximum Gasteiger partial charge on any atom is 0.161 e. The first kappa shape index (κ1) is 20.1. The fraction of sp³-hybridized carbons (Fsp3) is 0.214. The molecular weight excluding hydrogens is 408 g/mol. The zero-order valence-electron chi connectivity index (χ0n) is 18.8. The van der Waals surface area contributed by atoms with Gasteiger partial charge < -0.3 is 10.8 Å². The van der Waals surface area contributed by atoms with Gasteiger partial charge in [-0.3, -0.25) is 0 Å². The van der Waals surface area contributed by atoms with Crippen molar-refractivity contribution < 1.29 is 5.11 Å². The van der Waals surface area contributed by atoms with Gasteiger partial charge >= 0.3 is 0 Å². The van der Waals surface area contributed by atoms with E-state index in [4.69, 9.17) is 10.7 Å². The van der Waals surface area contributed by atoms with Crippen LogP contribution >= 0.6 is 0 Å². The Kier molecular flexibility index (Phi) is 4.25. The Morgan fingerprint density at radius 2 is 1.64 bits per heavy atom. The van der Waals surface area contributed by atoms with Crippen LogP contribution in [0.5, 0.6) is 0 Å². The molecule has 0 radical (unpaired) electrons. The second kappa shape index (κ2) is 6.98. The standard InChI is InChI=1S/C28H26N4O/c1-18-14-23-13-10-21-15-24(19-6-4-3-5-7-19)25(30-26(21)32(23)31-18)20-8-11-22(12-9-20)28(29)16-27(2,33)17-28/h3-15,33H,16-17,29H2,1-2H3. The number of nitrogens with zero attached hydrogens (tertiary/aromatic N) is 3. The fourth-order valence-corrected chi connectivity index (χ4v) is 5.32. The van der Waals surface area contributed by atoms with Gasteiger partial charge in [-0.05, 0) is 62.1 Å². The van der Waals surface area contributed by atoms with Crippen LogP contribution in [0.1, 0.15) is 31.0 Å². The van der Waals surface area contributed by atoms with Crippen LogP contribution in [0.2, 0.25) is 0 Å². The molecule has 0 unspecified atom stereocenters. The van der Waals surface area contributed by atoms with E-state index in [-0.39, 0.29) is 0 Å². The number of pyridine rings is 2. The van der Waals surface area contributed by atoms with Crippen molar-refractivity contribution in [2.24, 2.45) is 5.73 Å². The Balaban J connectivity index is 1.53. The summed E-state index contributed by atoms with van der Waals surface area (Å²) in [4.78, 5) is 5.14. The Labute approximate surface area is 192 Å². The van der Waals surface area contributed by atoms with Gasteiger partial charge in [0.15, 0.2) is 5.65 Å². The molecular formula is C28H26N4O. The quantitative estimate of drug-likeness (QED) is 0.408. The molecule has 3 N–H and O–H groups in total. The fourth-order valence-electron chi connectivity index (χ4n) is 5.32. The predicted octanol–water partition coefficient (Wildman–Crippen LogP) is 5.22. The van der Waals surface area contributed by atoms with Gasteiger partial charge in [0.25, 0.3) is 0 Å². The number of aryl methyl sites for hydroxylation is 1. The van der Waals surface area contributed by atoms with E-state index < -0.39 is 11.1 Å². The molecule has 5 nitrogen and oxygen atoms in total. The van der Waals surface area contributed by atoms with Crippen molar-refractivity contribution in [3.8, 4) is 22.4 Å². The lowest BCUT2D eigenvalue weighted by Gasteiger charge is -2.49. The number of aliphatic hydroxyl groups is 1. The summed E-state index contributed by atoms with van der Waals surface area (Å²) in [5, 5.41) is 15.9. The van der Waals surface area contributed by atoms with Crippen molar-refractivity contribution in [1.82, 2.24) is 14.6 Å². The molecule has 0 bridgehead atoms. The minimum atomic E-state index is -0.679. The summed E-state index contributed by atoms with van der Waals surface area (Å²) in [6.07, 6.45) is 1.14. The third kappa shape index (κ3) is 3.32. The first-order chi connectivity index (χ1) is 15.8. The average molecular weight is 435 g/mol. The van der Waals surface area contributed by atoms with E-state index >= 15 is 0 Å². The summed E-state index contributed by atoms with van der Waals surface area (Å²) in [5.74, 6) is 0. The smallest absolute Gasteiger partial charge is 0.161 e. The number of nitrogens with two attached hydrogens (primary N) is 1. The molecule has 0 spiro atoms. The van der Waals surface area contributed by atoms with Gasteiger partial charge in [-0.15, -0.1) is 0 Å². The highest BCUT2D eigenvalue weighted by molar-refractivity contribution is 5.91. The van der Waals surface area contributed by atoms with Gasteiger partial charge in [0, 0.05) is 22.1 Å². The molecule has 33 heavy (non-hydrogen) atoms. The highest BCUT2D eigenvalue weighted by Crippen LogP contribution is 2.46. The topological polar surface area (TPSA) is 76.4 Å². The van der Waals surface area contributed by atoms with Gasteiger partial charge in [0.2, 0.25) is 0 Å². The van der Waals surface area contributed by atoms with Gasteiger partial charge in [0.05, 0.1) is 22.5 Å². The van der Waals surface area contributed by atoms with Crippen LogP contribution in [-0.2, 0) is 5.54 Å². The van der Waals surface area contributed by atoms with E-state index in [2.05, 4.69) is 65.8 Å². The molecule has 3 aromatic heterocycles. The van der Waals surface area contributed by atoms with E-state index in [1.54, 1.807) is 0 Å². The molecule has 0 aliphatic heterocycles. The van der Waals surface area contributed by atoms with Crippen molar-refractivity contribution >= 4 is 16.6 Å². The molecule has 3 heterocycles. The van der Waals surface area contributed by atoms with E-state index in [1.165, 1.54) is 0 Å². The summed E-state index contributed by atoms with van der Waals surface area (Å²) in [6.45, 7) is 3.84. The molecule has 1 saturated carbocycles. The average Bonchev–Trinajstić information content (AvgIpc) is 3.18. The van der Waals surface area contributed by atoms with Gasteiger partial charge in [-0.25, -0.2) is 9.50 Å². The summed E-state index contributed by atoms with van der Waals surface area (Å²) in [5.41, 5.74) is 13.4. The zero-order valence-corrected chi connectivity index (χ0v) is 18.8. The number of hydrogen-bond donors (Lipinski definition) is 2. The van der Waals surface area contributed by atoms with Crippen LogP contribution in [0.15, 0.2) is 78.9 Å². The highest BCUT2D eigenvalue weighted by atomic mass is 16.3. The Hall–Kier alpha value is -3.54. The van der Waals surface area contributed by atoms with Gasteiger partial charge in [-0.2, -0.15) is 5.10 Å². The maximum absolute atomic E-state index is 10.2. The third-order valence-electron chi connectivity index (χ3n) is 6.73. The van der Waals surface area contributed by atoms with Crippen LogP contribution in [0, 0.1) is 6.92 Å². The normalized spacial score (nSPS) is 22.5. The Bertz CT molecular complexity index is 1490. The highest BCUT2D eigenvalue weighted by Gasteiger charge is 2.49. The number of rotatable bonds is 3. The molecule has 0 atom stereocenters. The molecule has 1 aliphatic rings. The van der Waals surface area contributed by atoms with Gasteiger partial charge in [-0.1, -0.05) is 54.6 Å². The molecule has 0 amide bonds. The number of fused-ring (bicyclic) bond motifs is 3. The number of hydrogen-bond acceptors (Lipinski definition) is 4. The van der Waals surface area contributed by atoms with Crippen LogP contribution in [0.4, 0.5) is 0 Å². The predicted molar refractivity (Wildman–Crippen MR) is 132 cm³/mol. The van der Waals surface area contributed by atoms with E-state index in [9.17, 15) is 5.11 Å². The molecule has 164 valence electrons. The lowest BCUT2D eigenvalue weighted by molar-refractivity contribution is -0.0738. The molecule has 1 aliphatic carbocycles. The van der Waals surface area contributed by atoms with Crippen molar-refractivity contribution in [2.45, 2.75) is 37.8 Å². The summed E-state index contributed by atoms with van der Waals surface area (Å²) >= 11 is 0. The second-order valence-corrected chi connectivity index (χ2v) is 9.70. The minimum Gasteiger partial charge on any atom is -0.390 e. The van der Waals surface area contributed by atoms with E-state index in [1.807, 2.05) is 36.6 Å². The molecule has 5 aromatic rings. The third-order valence-corrected chi connectivity index (χ3v) is 6.73. The Morgan fingerprint density at radius 3 is 2.33 bits per heavy atom. The van der Waals surface area contributed by atoms with E-state index in [0.29, 0.717) is 12.8 Å². The van der Waals surface area contributed by atoms with Crippen LogP contribution in [-0.4, -0.2) is 25.3 Å². The van der Waals surface area contributed by atoms with Crippen molar-refractivity contribution in [3.63, 3.8) is 0 Å². The van der Waals surface area contributed by atoms with Crippen LogP contribution < -0.4 is 5.73 Å². The maximum atomic E-state index is 10.2. The lowest BCUT2D eigenvalue weighted by atomic mass is 9.63. The monoisotopic (exact) mass is 434 g/mol. The molecule has 1 fully saturated rings. The lowest BCUT2D eigenvalue weighted by Crippen LogP contribution is -2.58. The van der Waals surface area contributed by atoms with Crippen molar-refractivity contribution in [1.29, 1.82) is 0 Å². The van der Waals surface area contributed by atoms with Crippen LogP contribution in [0.3, 0.4) is 0 Å². The van der Waals surface area contributed by atoms with Crippen molar-refractivity contribution in [3.05, 3.63) is 90.1 Å². The number of aromatic nitrogens is 3. The summed E-state index contributed by atoms with van der Waals surface area (Å²) in [6, 6.07) is 27.1. The summed E-state index contributed by atoms with van der Waals surface area (Å²) in [7, 11) is 0. The zero-order chi connectivity index (χ0) is 22.8. The van der Waals surface area contributed by atoms with Crippen LogP contribution in [0.25, 0.3) is 38.9 Å².